The molecule has 0 N–H and O–H groups in total. The number of benzene rings is 1. The van der Waals surface area contributed by atoms with Crippen molar-refractivity contribution in [3.8, 4) is 0 Å². The molecule has 0 amide bonds. The Labute approximate surface area is 193 Å². The molecule has 1 aliphatic heterocycles. The van der Waals surface area contributed by atoms with Crippen LogP contribution in [-0.2, 0) is 23.1 Å². The fraction of sp³-hybridized carbons (Fsp3) is 0.407. The molecule has 6 heteroatoms. The number of rotatable bonds is 6. The van der Waals surface area contributed by atoms with E-state index in [1.165, 1.54) is 25.0 Å². The van der Waals surface area contributed by atoms with Crippen LogP contribution in [0.2, 0.25) is 0 Å². The molecule has 2 aliphatic carbocycles. The normalized spacial score (nSPS) is 19.0. The molecular formula is C27H27FN4O. The lowest BCUT2D eigenvalue weighted by atomic mass is 9.62. The van der Waals surface area contributed by atoms with Crippen LogP contribution in [0.4, 0.5) is 15.9 Å². The number of nitrogens with zero attached hydrogens (tertiary/aromatic N) is 4. The summed E-state index contributed by atoms with van der Waals surface area (Å²) in [6, 6.07) is 12.4. The third kappa shape index (κ3) is 3.71. The van der Waals surface area contributed by atoms with Crippen LogP contribution in [0.3, 0.4) is 0 Å². The fourth-order valence-corrected chi connectivity index (χ4v) is 5.17. The summed E-state index contributed by atoms with van der Waals surface area (Å²) >= 11 is 0. The second-order valence-electron chi connectivity index (χ2n) is 9.63. The van der Waals surface area contributed by atoms with Gasteiger partial charge in [-0.1, -0.05) is 18.6 Å². The fourth-order valence-electron chi connectivity index (χ4n) is 5.17. The Morgan fingerprint density at radius 2 is 1.85 bits per heavy atom. The van der Waals surface area contributed by atoms with E-state index in [4.69, 9.17) is 9.97 Å². The average molecular weight is 443 g/mol. The summed E-state index contributed by atoms with van der Waals surface area (Å²) in [5.41, 5.74) is 3.37. The quantitative estimate of drug-likeness (QED) is 0.525. The van der Waals surface area contributed by atoms with E-state index in [1.807, 2.05) is 18.3 Å². The van der Waals surface area contributed by atoms with Gasteiger partial charge >= 0.3 is 0 Å². The highest BCUT2D eigenvalue weighted by Crippen LogP contribution is 2.46. The number of anilines is 2. The summed E-state index contributed by atoms with van der Waals surface area (Å²) < 4.78 is 13.3. The van der Waals surface area contributed by atoms with E-state index in [2.05, 4.69) is 16.0 Å². The number of aromatic nitrogens is 3. The number of hydrogen-bond acceptors (Lipinski definition) is 5. The standard InChI is InChI=1S/C27H27FN4O/c28-20-8-4-18(5-9-20)17-24(33)27(13-2-14-27)23-11-10-22-21(30-23)3-1-16-32(22)25-12-15-29-26(31-25)19-6-7-19/h4-5,8-12,15,19H,1-3,6-7,13-14,16-17H2. The number of Topliss-reactive ketones (excluding diaryl/α,β-unsaturated/α-hetero) is 1. The van der Waals surface area contributed by atoms with E-state index in [1.54, 1.807) is 12.1 Å². The number of carbonyl (C=O) groups excluding carboxylic acids is 1. The Morgan fingerprint density at radius 1 is 1.03 bits per heavy atom. The SMILES string of the molecule is O=C(Cc1ccc(F)cc1)C1(c2ccc3c(n2)CCCN3c2ccnc(C3CC3)n2)CCC1. The molecule has 3 aliphatic rings. The molecule has 33 heavy (non-hydrogen) atoms. The van der Waals surface area contributed by atoms with Crippen molar-refractivity contribution in [3.05, 3.63) is 77.3 Å². The van der Waals surface area contributed by atoms with Gasteiger partial charge in [-0.3, -0.25) is 9.78 Å². The van der Waals surface area contributed by atoms with Crippen LogP contribution in [-0.4, -0.2) is 27.3 Å². The van der Waals surface area contributed by atoms with Crippen LogP contribution in [0.1, 0.15) is 67.2 Å². The van der Waals surface area contributed by atoms with Crippen molar-refractivity contribution in [2.24, 2.45) is 0 Å². The summed E-state index contributed by atoms with van der Waals surface area (Å²) in [7, 11) is 0. The molecule has 3 aromatic rings. The van der Waals surface area contributed by atoms with Crippen molar-refractivity contribution in [2.45, 2.75) is 62.7 Å². The maximum absolute atomic E-state index is 13.4. The zero-order chi connectivity index (χ0) is 22.4. The topological polar surface area (TPSA) is 59.0 Å². The van der Waals surface area contributed by atoms with Crippen molar-refractivity contribution in [2.75, 3.05) is 11.4 Å². The van der Waals surface area contributed by atoms with E-state index >= 15 is 0 Å². The summed E-state index contributed by atoms with van der Waals surface area (Å²) in [5, 5.41) is 0. The van der Waals surface area contributed by atoms with Gasteiger partial charge in [0, 0.05) is 25.1 Å². The highest BCUT2D eigenvalue weighted by molar-refractivity contribution is 5.92. The number of ketones is 1. The molecule has 0 bridgehead atoms. The van der Waals surface area contributed by atoms with Crippen molar-refractivity contribution in [1.29, 1.82) is 0 Å². The van der Waals surface area contributed by atoms with E-state index in [0.29, 0.717) is 12.3 Å². The van der Waals surface area contributed by atoms with E-state index < -0.39 is 5.41 Å². The first-order valence-electron chi connectivity index (χ1n) is 12.0. The molecule has 3 heterocycles. The van der Waals surface area contributed by atoms with Gasteiger partial charge in [0.05, 0.1) is 22.5 Å². The Balaban J connectivity index is 1.29. The van der Waals surface area contributed by atoms with Crippen molar-refractivity contribution in [1.82, 2.24) is 15.0 Å². The van der Waals surface area contributed by atoms with Crippen LogP contribution >= 0.6 is 0 Å². The van der Waals surface area contributed by atoms with Crippen LogP contribution in [0.25, 0.3) is 0 Å². The monoisotopic (exact) mass is 442 g/mol. The molecule has 6 rings (SSSR count). The number of aryl methyl sites for hydroxylation is 1. The van der Waals surface area contributed by atoms with Crippen LogP contribution in [0.5, 0.6) is 0 Å². The minimum absolute atomic E-state index is 0.186. The van der Waals surface area contributed by atoms with Gasteiger partial charge in [-0.2, -0.15) is 0 Å². The van der Waals surface area contributed by atoms with Gasteiger partial charge in [0.25, 0.3) is 0 Å². The minimum atomic E-state index is -0.514. The van der Waals surface area contributed by atoms with Crippen LogP contribution < -0.4 is 4.90 Å². The molecule has 5 nitrogen and oxygen atoms in total. The highest BCUT2D eigenvalue weighted by Gasteiger charge is 2.46. The van der Waals surface area contributed by atoms with Gasteiger partial charge in [-0.05, 0) is 74.4 Å². The summed E-state index contributed by atoms with van der Waals surface area (Å²) in [5.74, 6) is 2.31. The molecule has 168 valence electrons. The number of fused-ring (bicyclic) bond motifs is 1. The van der Waals surface area contributed by atoms with E-state index in [-0.39, 0.29) is 11.6 Å². The molecule has 0 atom stereocenters. The zero-order valence-corrected chi connectivity index (χ0v) is 18.6. The van der Waals surface area contributed by atoms with Crippen LogP contribution in [0.15, 0.2) is 48.7 Å². The van der Waals surface area contributed by atoms with Crippen molar-refractivity contribution >= 4 is 17.3 Å². The molecule has 2 fully saturated rings. The predicted molar refractivity (Wildman–Crippen MR) is 124 cm³/mol. The average Bonchev–Trinajstić information content (AvgIpc) is 3.65. The number of pyridine rings is 1. The second-order valence-corrected chi connectivity index (χ2v) is 9.63. The molecule has 0 radical (unpaired) electrons. The van der Waals surface area contributed by atoms with Gasteiger partial charge in [-0.15, -0.1) is 0 Å². The predicted octanol–water partition coefficient (Wildman–Crippen LogP) is 5.21. The Kier molecular flexibility index (Phi) is 4.97. The first-order chi connectivity index (χ1) is 16.1. The Morgan fingerprint density at radius 3 is 2.58 bits per heavy atom. The number of carbonyl (C=O) groups is 1. The van der Waals surface area contributed by atoms with Crippen molar-refractivity contribution in [3.63, 3.8) is 0 Å². The third-order valence-electron chi connectivity index (χ3n) is 7.42. The lowest BCUT2D eigenvalue weighted by Crippen LogP contribution is -2.44. The zero-order valence-electron chi connectivity index (χ0n) is 18.6. The maximum atomic E-state index is 13.4. The molecule has 2 aromatic heterocycles. The number of halogens is 1. The molecule has 0 spiro atoms. The molecule has 1 aromatic carbocycles. The summed E-state index contributed by atoms with van der Waals surface area (Å²) in [6.45, 7) is 0.907. The summed E-state index contributed by atoms with van der Waals surface area (Å²) in [4.78, 5) is 30.0. The van der Waals surface area contributed by atoms with Gasteiger partial charge in [0.1, 0.15) is 23.2 Å². The van der Waals surface area contributed by atoms with Crippen molar-refractivity contribution < 1.29 is 9.18 Å². The second kappa shape index (κ2) is 8.01. The molecule has 0 saturated heterocycles. The lowest BCUT2D eigenvalue weighted by molar-refractivity contribution is -0.127. The first-order valence-corrected chi connectivity index (χ1v) is 12.0. The summed E-state index contributed by atoms with van der Waals surface area (Å²) in [6.07, 6.45) is 9.14. The Bertz CT molecular complexity index is 1200. The first kappa shape index (κ1) is 20.5. The van der Waals surface area contributed by atoms with Crippen LogP contribution in [0, 0.1) is 5.82 Å². The van der Waals surface area contributed by atoms with Gasteiger partial charge in [-0.25, -0.2) is 14.4 Å². The highest BCUT2D eigenvalue weighted by atomic mass is 19.1. The van der Waals surface area contributed by atoms with Gasteiger partial charge < -0.3 is 4.90 Å². The molecular weight excluding hydrogens is 415 g/mol. The minimum Gasteiger partial charge on any atom is -0.325 e. The molecule has 2 saturated carbocycles. The van der Waals surface area contributed by atoms with E-state index in [0.717, 1.165) is 72.9 Å². The third-order valence-corrected chi connectivity index (χ3v) is 7.42. The van der Waals surface area contributed by atoms with Gasteiger partial charge in [0.2, 0.25) is 0 Å². The Hall–Kier alpha value is -3.15. The largest absolute Gasteiger partial charge is 0.325 e. The number of hydrogen-bond donors (Lipinski definition) is 0. The smallest absolute Gasteiger partial charge is 0.149 e. The lowest BCUT2D eigenvalue weighted by Gasteiger charge is -2.41. The molecule has 0 unspecified atom stereocenters. The maximum Gasteiger partial charge on any atom is 0.149 e. The van der Waals surface area contributed by atoms with E-state index in [9.17, 15) is 9.18 Å². The van der Waals surface area contributed by atoms with Gasteiger partial charge in [0.15, 0.2) is 0 Å².